The maximum Gasteiger partial charge on any atom is 0.380 e. The summed E-state index contributed by atoms with van der Waals surface area (Å²) in [5.41, 5.74) is 0.0688. The molecule has 0 saturated heterocycles. The van der Waals surface area contributed by atoms with Crippen molar-refractivity contribution in [2.75, 3.05) is 0 Å². The van der Waals surface area contributed by atoms with Gasteiger partial charge in [0.15, 0.2) is 0 Å². The van der Waals surface area contributed by atoms with Gasteiger partial charge in [-0.15, -0.1) is 0 Å². The van der Waals surface area contributed by atoms with Gasteiger partial charge >= 0.3 is 5.63 Å². The van der Waals surface area contributed by atoms with E-state index < -0.39 is 5.63 Å². The number of aromatic hydroxyl groups is 1. The van der Waals surface area contributed by atoms with Crippen LogP contribution in [0.5, 0.6) is 5.75 Å². The Morgan fingerprint density at radius 2 is 1.52 bits per heavy atom. The lowest BCUT2D eigenvalue weighted by atomic mass is 10.1. The summed E-state index contributed by atoms with van der Waals surface area (Å²) < 4.78 is 5.15. The van der Waals surface area contributed by atoms with Crippen molar-refractivity contribution in [2.24, 2.45) is 0 Å². The second-order valence-corrected chi connectivity index (χ2v) is 5.51. The average Bonchev–Trinajstić information content (AvgIpc) is 2.53. The molecule has 0 saturated carbocycles. The van der Waals surface area contributed by atoms with E-state index in [-0.39, 0.29) is 5.75 Å². The summed E-state index contributed by atoms with van der Waals surface area (Å²) in [6.07, 6.45) is 0. The van der Waals surface area contributed by atoms with E-state index >= 15 is 0 Å². The van der Waals surface area contributed by atoms with Crippen LogP contribution in [0.1, 0.15) is 0 Å². The van der Waals surface area contributed by atoms with Crippen molar-refractivity contribution in [2.45, 2.75) is 9.79 Å². The molecule has 3 nitrogen and oxygen atoms in total. The predicted octanol–water partition coefficient (Wildman–Crippen LogP) is 4.16. The van der Waals surface area contributed by atoms with Crippen molar-refractivity contribution in [1.29, 1.82) is 0 Å². The minimum absolute atomic E-state index is 0.358. The van der Waals surface area contributed by atoms with Crippen LogP contribution >= 0.6 is 11.8 Å². The molecule has 0 aliphatic rings. The first-order valence-corrected chi connectivity index (χ1v) is 7.21. The van der Waals surface area contributed by atoms with E-state index in [4.69, 9.17) is 4.42 Å². The van der Waals surface area contributed by atoms with Crippen LogP contribution in [0, 0.1) is 0 Å². The largest absolute Gasteiger partial charge is 0.501 e. The molecule has 104 valence electrons. The Balaban J connectivity index is 2.05. The summed E-state index contributed by atoms with van der Waals surface area (Å²) in [4.78, 5) is 13.2. The fourth-order valence-corrected chi connectivity index (χ4v) is 2.80. The highest BCUT2D eigenvalue weighted by Crippen LogP contribution is 2.34. The van der Waals surface area contributed by atoms with Gasteiger partial charge in [0.2, 0.25) is 5.75 Å². The van der Waals surface area contributed by atoms with Gasteiger partial charge in [0.1, 0.15) is 5.76 Å². The third-order valence-corrected chi connectivity index (χ3v) is 3.96. The van der Waals surface area contributed by atoms with E-state index in [1.807, 2.05) is 60.7 Å². The van der Waals surface area contributed by atoms with E-state index in [1.165, 1.54) is 11.8 Å². The van der Waals surface area contributed by atoms with Crippen molar-refractivity contribution in [3.8, 4) is 17.1 Å². The van der Waals surface area contributed by atoms with Gasteiger partial charge in [-0.05, 0) is 18.2 Å². The Hall–Kier alpha value is -2.46. The lowest BCUT2D eigenvalue weighted by molar-refractivity contribution is 0.404. The van der Waals surface area contributed by atoms with Gasteiger partial charge in [0, 0.05) is 10.5 Å². The summed E-state index contributed by atoms with van der Waals surface area (Å²) in [5.74, 6) is 0.0837. The van der Waals surface area contributed by atoms with Gasteiger partial charge in [-0.25, -0.2) is 4.79 Å². The molecule has 1 heterocycles. The molecule has 0 bridgehead atoms. The van der Waals surface area contributed by atoms with Crippen LogP contribution in [-0.4, -0.2) is 5.11 Å². The van der Waals surface area contributed by atoms with Gasteiger partial charge in [0.25, 0.3) is 0 Å². The molecule has 0 spiro atoms. The van der Waals surface area contributed by atoms with Crippen LogP contribution in [-0.2, 0) is 0 Å². The standard InChI is InChI=1S/C17H12O3S/c18-16-15(21-13-9-5-2-6-10-13)11-14(20-17(16)19)12-7-3-1-4-8-12/h1-11,18H. The Bertz CT molecular complexity index is 795. The van der Waals surface area contributed by atoms with Gasteiger partial charge in [-0.2, -0.15) is 0 Å². The van der Waals surface area contributed by atoms with Crippen molar-refractivity contribution < 1.29 is 9.52 Å². The third-order valence-electron chi connectivity index (χ3n) is 2.92. The van der Waals surface area contributed by atoms with Crippen LogP contribution in [0.2, 0.25) is 0 Å². The second-order valence-electron chi connectivity index (χ2n) is 4.39. The molecular weight excluding hydrogens is 284 g/mol. The smallest absolute Gasteiger partial charge is 0.380 e. The molecule has 3 aromatic rings. The van der Waals surface area contributed by atoms with E-state index in [0.717, 1.165) is 10.5 Å². The van der Waals surface area contributed by atoms with Gasteiger partial charge in [-0.3, -0.25) is 0 Å². The number of benzene rings is 2. The molecule has 1 N–H and O–H groups in total. The molecule has 0 radical (unpaired) electrons. The summed E-state index contributed by atoms with van der Waals surface area (Å²) in [5, 5.41) is 9.90. The molecular formula is C17H12O3S. The zero-order valence-corrected chi connectivity index (χ0v) is 11.8. The van der Waals surface area contributed by atoms with E-state index in [2.05, 4.69) is 0 Å². The van der Waals surface area contributed by atoms with Crippen LogP contribution in [0.15, 0.2) is 85.7 Å². The first-order valence-electron chi connectivity index (χ1n) is 6.39. The Kier molecular flexibility index (Phi) is 3.79. The molecule has 21 heavy (non-hydrogen) atoms. The molecule has 4 heteroatoms. The lowest BCUT2D eigenvalue weighted by Crippen LogP contribution is -2.00. The first-order chi connectivity index (χ1) is 10.2. The highest BCUT2D eigenvalue weighted by atomic mass is 32.2. The maximum atomic E-state index is 11.8. The minimum Gasteiger partial charge on any atom is -0.501 e. The van der Waals surface area contributed by atoms with E-state index in [9.17, 15) is 9.90 Å². The average molecular weight is 296 g/mol. The van der Waals surface area contributed by atoms with E-state index in [1.54, 1.807) is 6.07 Å². The summed E-state index contributed by atoms with van der Waals surface area (Å²) >= 11 is 1.33. The van der Waals surface area contributed by atoms with Crippen molar-refractivity contribution in [1.82, 2.24) is 0 Å². The maximum absolute atomic E-state index is 11.8. The quantitative estimate of drug-likeness (QED) is 0.788. The summed E-state index contributed by atoms with van der Waals surface area (Å²) in [6.45, 7) is 0. The van der Waals surface area contributed by atoms with Gasteiger partial charge in [-0.1, -0.05) is 60.3 Å². The minimum atomic E-state index is -0.727. The Morgan fingerprint density at radius 3 is 2.19 bits per heavy atom. The fraction of sp³-hybridized carbons (Fsp3) is 0. The second kappa shape index (κ2) is 5.89. The monoisotopic (exact) mass is 296 g/mol. The molecule has 0 aliphatic carbocycles. The molecule has 3 rings (SSSR count). The van der Waals surface area contributed by atoms with Crippen molar-refractivity contribution >= 4 is 11.8 Å². The number of hydrogen-bond donors (Lipinski definition) is 1. The van der Waals surface area contributed by atoms with Gasteiger partial charge < -0.3 is 9.52 Å². The molecule has 0 aliphatic heterocycles. The normalized spacial score (nSPS) is 10.5. The zero-order chi connectivity index (χ0) is 14.7. The molecule has 2 aromatic carbocycles. The van der Waals surface area contributed by atoms with Crippen molar-refractivity contribution in [3.63, 3.8) is 0 Å². The fourth-order valence-electron chi connectivity index (χ4n) is 1.90. The molecule has 0 unspecified atom stereocenters. The number of hydrogen-bond acceptors (Lipinski definition) is 4. The zero-order valence-electron chi connectivity index (χ0n) is 11.0. The van der Waals surface area contributed by atoms with Crippen LogP contribution < -0.4 is 5.63 Å². The third kappa shape index (κ3) is 3.01. The summed E-state index contributed by atoms with van der Waals surface area (Å²) in [7, 11) is 0. The SMILES string of the molecule is O=c1oc(-c2ccccc2)cc(Sc2ccccc2)c1O. The van der Waals surface area contributed by atoms with Crippen LogP contribution in [0.4, 0.5) is 0 Å². The molecule has 1 aromatic heterocycles. The van der Waals surface area contributed by atoms with E-state index in [0.29, 0.717) is 10.7 Å². The number of rotatable bonds is 3. The topological polar surface area (TPSA) is 50.4 Å². The molecule has 0 atom stereocenters. The highest BCUT2D eigenvalue weighted by molar-refractivity contribution is 7.99. The van der Waals surface area contributed by atoms with Gasteiger partial charge in [0.05, 0.1) is 4.90 Å². The molecule has 0 amide bonds. The predicted molar refractivity (Wildman–Crippen MR) is 82.6 cm³/mol. The Labute approximate surface area is 125 Å². The molecule has 0 fully saturated rings. The lowest BCUT2D eigenvalue weighted by Gasteiger charge is -2.06. The van der Waals surface area contributed by atoms with Crippen LogP contribution in [0.25, 0.3) is 11.3 Å². The van der Waals surface area contributed by atoms with Crippen molar-refractivity contribution in [3.05, 3.63) is 77.2 Å². The highest BCUT2D eigenvalue weighted by Gasteiger charge is 2.13. The Morgan fingerprint density at radius 1 is 0.905 bits per heavy atom. The summed E-state index contributed by atoms with van der Waals surface area (Å²) in [6, 6.07) is 20.6. The van der Waals surface area contributed by atoms with Crippen LogP contribution in [0.3, 0.4) is 0 Å². The first kappa shape index (κ1) is 13.5.